The van der Waals surface area contributed by atoms with Gasteiger partial charge in [0.25, 0.3) is 0 Å². The predicted molar refractivity (Wildman–Crippen MR) is 282 cm³/mol. The van der Waals surface area contributed by atoms with Gasteiger partial charge in [-0.2, -0.15) is 0 Å². The Morgan fingerprint density at radius 3 is 1.71 bits per heavy atom. The van der Waals surface area contributed by atoms with Gasteiger partial charge in [0.2, 0.25) is 10.4 Å². The molecular weight excluding hydrogens is 1160 g/mol. The molecule has 9 rings (SSSR count). The number of aliphatic hydroxyl groups is 12. The molecule has 5 aliphatic heterocycles. The fourth-order valence-corrected chi connectivity index (χ4v) is 16.2. The van der Waals surface area contributed by atoms with Crippen LogP contribution in [0, 0.1) is 40.4 Å². The zero-order chi connectivity index (χ0) is 61.6. The molecule has 0 bridgehead atoms. The average molecular weight is 1250 g/mol. The molecular formula is C56H91NaO27S. The Morgan fingerprint density at radius 2 is 1.14 bits per heavy atom. The van der Waals surface area contributed by atoms with Crippen LogP contribution in [0.25, 0.3) is 0 Å². The van der Waals surface area contributed by atoms with Crippen LogP contribution in [0.1, 0.15) is 120 Å². The van der Waals surface area contributed by atoms with Gasteiger partial charge in [0.05, 0.1) is 48.8 Å². The summed E-state index contributed by atoms with van der Waals surface area (Å²) < 4.78 is 102. The van der Waals surface area contributed by atoms with Crippen molar-refractivity contribution in [1.82, 2.24) is 0 Å². The summed E-state index contributed by atoms with van der Waals surface area (Å²) in [6.07, 6.45) is -35.6. The van der Waals surface area contributed by atoms with Crippen molar-refractivity contribution in [1.29, 1.82) is 0 Å². The molecule has 0 aromatic rings. The van der Waals surface area contributed by atoms with Gasteiger partial charge < -0.3 is 113 Å². The van der Waals surface area contributed by atoms with Crippen molar-refractivity contribution in [2.75, 3.05) is 6.61 Å². The van der Waals surface area contributed by atoms with E-state index in [0.717, 1.165) is 12.0 Å². The third-order valence-electron chi connectivity index (χ3n) is 20.3. The minimum atomic E-state index is -5.12. The minimum absolute atomic E-state index is 0. The van der Waals surface area contributed by atoms with Crippen molar-refractivity contribution < 1.29 is 160 Å². The summed E-state index contributed by atoms with van der Waals surface area (Å²) in [5.41, 5.74) is -1.27. The summed E-state index contributed by atoms with van der Waals surface area (Å²) in [6, 6.07) is 0. The first-order chi connectivity index (χ1) is 39.1. The number of ether oxygens (including phenoxy) is 10. The van der Waals surface area contributed by atoms with Crippen molar-refractivity contribution in [3.8, 4) is 0 Å². The van der Waals surface area contributed by atoms with Crippen LogP contribution in [0.3, 0.4) is 0 Å². The van der Waals surface area contributed by atoms with Crippen LogP contribution in [0.4, 0.5) is 0 Å². The molecule has 0 aromatic heterocycles. The van der Waals surface area contributed by atoms with Gasteiger partial charge in [-0.3, -0.25) is 8.98 Å². The second kappa shape index (κ2) is 27.2. The van der Waals surface area contributed by atoms with Crippen molar-refractivity contribution >= 4 is 16.2 Å². The minimum Gasteiger partial charge on any atom is -0.726 e. The van der Waals surface area contributed by atoms with E-state index < -0.39 is 199 Å². The molecule has 484 valence electrons. The molecule has 4 aliphatic carbocycles. The van der Waals surface area contributed by atoms with Crippen molar-refractivity contribution in [2.45, 2.75) is 285 Å². The number of ketones is 1. The number of hydrogen-bond donors (Lipinski definition) is 12. The van der Waals surface area contributed by atoms with Crippen LogP contribution in [-0.2, 0) is 66.7 Å². The molecule has 0 aromatic carbocycles. The van der Waals surface area contributed by atoms with E-state index >= 15 is 0 Å². The quantitative estimate of drug-likeness (QED) is 0.0281. The molecule has 85 heavy (non-hydrogen) atoms. The Bertz CT molecular complexity index is 2410. The van der Waals surface area contributed by atoms with E-state index in [9.17, 15) is 79.0 Å². The zero-order valence-corrected chi connectivity index (χ0v) is 52.8. The third kappa shape index (κ3) is 14.2. The van der Waals surface area contributed by atoms with Gasteiger partial charge >= 0.3 is 29.6 Å². The number of rotatable bonds is 17. The molecule has 29 heteroatoms. The van der Waals surface area contributed by atoms with Crippen LogP contribution in [0.5, 0.6) is 0 Å². The molecule has 8 fully saturated rings. The van der Waals surface area contributed by atoms with Gasteiger partial charge in [0.1, 0.15) is 97.3 Å². The number of carbonyl (C=O) groups is 1. The SMILES string of the molecule is CC(C)CC(=O)C[C@](C)(O)[C@H]1CCC2C3C[C@H](OC4OC(C)C(O)C(OC5OCC(OC6OC(C)C(O)C(O)C6OC6OC(C)C(O)C(O)C6O)C(O)C5OC5OC(C)C(O)C(O)C5O)C4O)C4C[C@@H](OS(=O)(=O)[O-])CC[C@]4(C)C3=CC[C@@]21C.[Na+]. The molecule has 0 spiro atoms. The summed E-state index contributed by atoms with van der Waals surface area (Å²) in [6.45, 7) is 15.0. The fraction of sp³-hybridized carbons (Fsp3) is 0.946. The molecule has 12 N–H and O–H groups in total. The largest absolute Gasteiger partial charge is 1.00 e. The smallest absolute Gasteiger partial charge is 0.726 e. The van der Waals surface area contributed by atoms with Crippen molar-refractivity contribution in [3.05, 3.63) is 11.6 Å². The number of allylic oxidation sites excluding steroid dienone is 2. The monoisotopic (exact) mass is 1250 g/mol. The normalized spacial score (nSPS) is 51.1. The van der Waals surface area contributed by atoms with E-state index in [1.54, 1.807) is 6.92 Å². The number of Topliss-reactive ketones (excluding diaryl/α,β-unsaturated/α-hetero) is 1. The van der Waals surface area contributed by atoms with E-state index in [1.807, 2.05) is 13.8 Å². The molecule has 5 saturated heterocycles. The summed E-state index contributed by atoms with van der Waals surface area (Å²) >= 11 is 0. The third-order valence-corrected chi connectivity index (χ3v) is 20.8. The molecule has 9 aliphatic rings. The molecule has 5 heterocycles. The van der Waals surface area contributed by atoms with Gasteiger partial charge in [-0.15, -0.1) is 0 Å². The summed E-state index contributed by atoms with van der Waals surface area (Å²) in [5, 5.41) is 135. The topological polar surface area (TPSA) is 419 Å². The summed E-state index contributed by atoms with van der Waals surface area (Å²) in [4.78, 5) is 13.2. The summed E-state index contributed by atoms with van der Waals surface area (Å²) in [7, 11) is -5.12. The zero-order valence-electron chi connectivity index (χ0n) is 49.9. The van der Waals surface area contributed by atoms with Gasteiger partial charge in [0.15, 0.2) is 31.5 Å². The van der Waals surface area contributed by atoms with Crippen LogP contribution in [0.2, 0.25) is 0 Å². The fourth-order valence-electron chi connectivity index (χ4n) is 15.7. The van der Waals surface area contributed by atoms with Crippen molar-refractivity contribution in [2.24, 2.45) is 40.4 Å². The first-order valence-electron chi connectivity index (χ1n) is 29.7. The van der Waals surface area contributed by atoms with Crippen LogP contribution >= 0.6 is 0 Å². The molecule has 27 nitrogen and oxygen atoms in total. The Balaban J connectivity index is 0.00000940. The Labute approximate surface area is 517 Å². The second-order valence-electron chi connectivity index (χ2n) is 26.6. The van der Waals surface area contributed by atoms with Gasteiger partial charge in [-0.1, -0.05) is 39.3 Å². The van der Waals surface area contributed by atoms with E-state index in [2.05, 4.69) is 19.9 Å². The first kappa shape index (κ1) is 70.3. The predicted octanol–water partition coefficient (Wildman–Crippen LogP) is -4.99. The standard InChI is InChI=1S/C56H92O27S.Na/c1-21(2)16-26(57)19-56(9,69)34-11-10-29-28-18-32(31-17-27(83-84(70,71)72)12-14-54(31,7)30(28)13-15-55(29,34)8)78-51-45(68)46(38(61)25(6)76-51)80-52-47(81-49-43(66)40(63)35(58)22(3)74-49)39(62)33(20-73-52)79-53-48(42(65)37(60)24(5)77-53)82-50-44(67)41(64)36(59)23(4)75-50;/h13,21-25,27-29,31-53,58-69H,10-12,14-20H2,1-9H3,(H,70,71,72);/q;+1/p-1/t22?,23?,24?,25?,27-,28?,29?,31?,32-,33?,34-,35?,36?,37?,38?,39?,40?,41?,42?,43?,44?,45?,46?,47?,48?,49?,50?,51?,52?,53?,54+,55-,56-;/m0./s1. The Kier molecular flexibility index (Phi) is 22.5. The molecule has 0 amide bonds. The molecule has 33 atom stereocenters. The summed E-state index contributed by atoms with van der Waals surface area (Å²) in [5.74, 6) is -0.803. The van der Waals surface area contributed by atoms with E-state index in [1.165, 1.54) is 27.7 Å². The molecule has 0 radical (unpaired) electrons. The average Bonchev–Trinajstić information content (AvgIpc) is 1.74. The van der Waals surface area contributed by atoms with Crippen LogP contribution < -0.4 is 29.6 Å². The van der Waals surface area contributed by atoms with E-state index in [4.69, 9.17) is 51.6 Å². The van der Waals surface area contributed by atoms with Crippen LogP contribution in [0.15, 0.2) is 11.6 Å². The van der Waals surface area contributed by atoms with Gasteiger partial charge in [-0.05, 0) is 120 Å². The maximum absolute atomic E-state index is 13.2. The van der Waals surface area contributed by atoms with Gasteiger partial charge in [-0.25, -0.2) is 8.42 Å². The maximum Gasteiger partial charge on any atom is 1.00 e. The van der Waals surface area contributed by atoms with Crippen LogP contribution in [-0.4, -0.2) is 252 Å². The van der Waals surface area contributed by atoms with Crippen molar-refractivity contribution in [3.63, 3.8) is 0 Å². The number of hydrogen-bond acceptors (Lipinski definition) is 27. The maximum atomic E-state index is 13.2. The van der Waals surface area contributed by atoms with Gasteiger partial charge in [0, 0.05) is 12.8 Å². The van der Waals surface area contributed by atoms with E-state index in [0.29, 0.717) is 32.1 Å². The Hall–Kier alpha value is -0.600. The number of carbonyl (C=O) groups excluding carboxylic acids is 1. The Morgan fingerprint density at radius 1 is 0.635 bits per heavy atom. The number of fused-ring (bicyclic) bond motifs is 5. The molecule has 3 saturated carbocycles. The number of aliphatic hydroxyl groups excluding tert-OH is 11. The molecule has 27 unspecified atom stereocenters. The first-order valence-corrected chi connectivity index (χ1v) is 31.1. The second-order valence-corrected chi connectivity index (χ2v) is 27.6. The van der Waals surface area contributed by atoms with E-state index in [-0.39, 0.29) is 78.3 Å².